The Labute approximate surface area is 107 Å². The maximum Gasteiger partial charge on any atom is 0.248 e. The first kappa shape index (κ1) is 14.3. The summed E-state index contributed by atoms with van der Waals surface area (Å²) in [6.07, 6.45) is 1.88. The second-order valence-corrected chi connectivity index (χ2v) is 4.52. The minimum Gasteiger partial charge on any atom is -0.397 e. The lowest BCUT2D eigenvalue weighted by Gasteiger charge is -2.11. The number of benzene rings is 1. The van der Waals surface area contributed by atoms with Crippen LogP contribution in [0.4, 0.5) is 11.4 Å². The number of amides is 1. The standard InChI is InChI=1S/C13H21N3O2/c1-9(8-17)3-2-6-16-12-7-10(13(15)18)4-5-11(12)14/h4-5,7,9,16-17H,2-3,6,8,14H2,1H3,(H2,15,18). The zero-order valence-corrected chi connectivity index (χ0v) is 10.6. The number of primary amides is 1. The van der Waals surface area contributed by atoms with Crippen molar-refractivity contribution in [2.75, 3.05) is 24.2 Å². The van der Waals surface area contributed by atoms with Crippen LogP contribution in [0.2, 0.25) is 0 Å². The molecule has 0 fully saturated rings. The lowest BCUT2D eigenvalue weighted by molar-refractivity contribution is 0.100. The smallest absolute Gasteiger partial charge is 0.248 e. The summed E-state index contributed by atoms with van der Waals surface area (Å²) in [6, 6.07) is 4.93. The van der Waals surface area contributed by atoms with E-state index < -0.39 is 5.91 Å². The first-order valence-electron chi connectivity index (χ1n) is 6.08. The largest absolute Gasteiger partial charge is 0.397 e. The number of nitrogens with one attached hydrogen (secondary N) is 1. The molecule has 0 aliphatic carbocycles. The minimum absolute atomic E-state index is 0.208. The molecule has 1 rings (SSSR count). The van der Waals surface area contributed by atoms with E-state index in [1.807, 2.05) is 6.92 Å². The van der Waals surface area contributed by atoms with Crippen molar-refractivity contribution in [1.82, 2.24) is 0 Å². The number of hydrogen-bond acceptors (Lipinski definition) is 4. The maximum absolute atomic E-state index is 11.0. The van der Waals surface area contributed by atoms with Crippen molar-refractivity contribution in [1.29, 1.82) is 0 Å². The van der Waals surface area contributed by atoms with Gasteiger partial charge in [0.25, 0.3) is 0 Å². The molecule has 1 aromatic carbocycles. The fraction of sp³-hybridized carbons (Fsp3) is 0.462. The van der Waals surface area contributed by atoms with E-state index in [4.69, 9.17) is 16.6 Å². The third-order valence-electron chi connectivity index (χ3n) is 2.84. The predicted octanol–water partition coefficient (Wildman–Crippen LogP) is 1.19. The average molecular weight is 251 g/mol. The molecule has 0 saturated carbocycles. The average Bonchev–Trinajstić information content (AvgIpc) is 2.35. The molecular weight excluding hydrogens is 230 g/mol. The Bertz CT molecular complexity index is 407. The van der Waals surface area contributed by atoms with Gasteiger partial charge in [0.1, 0.15) is 0 Å². The molecule has 18 heavy (non-hydrogen) atoms. The quantitative estimate of drug-likeness (QED) is 0.432. The second kappa shape index (κ2) is 6.86. The Morgan fingerprint density at radius 3 is 2.83 bits per heavy atom. The highest BCUT2D eigenvalue weighted by molar-refractivity contribution is 5.94. The number of anilines is 2. The van der Waals surface area contributed by atoms with E-state index in [1.54, 1.807) is 18.2 Å². The van der Waals surface area contributed by atoms with E-state index in [1.165, 1.54) is 0 Å². The SMILES string of the molecule is CC(CO)CCCNc1cc(C(N)=O)ccc1N. The van der Waals surface area contributed by atoms with Gasteiger partial charge in [0.2, 0.25) is 5.91 Å². The van der Waals surface area contributed by atoms with Crippen LogP contribution in [0.15, 0.2) is 18.2 Å². The summed E-state index contributed by atoms with van der Waals surface area (Å²) in [5.74, 6) is -0.159. The summed E-state index contributed by atoms with van der Waals surface area (Å²) in [7, 11) is 0. The molecule has 0 spiro atoms. The molecule has 0 radical (unpaired) electrons. The van der Waals surface area contributed by atoms with E-state index in [0.717, 1.165) is 25.1 Å². The van der Waals surface area contributed by atoms with E-state index in [9.17, 15) is 4.79 Å². The molecule has 0 saturated heterocycles. The molecule has 0 aromatic heterocycles. The van der Waals surface area contributed by atoms with Crippen molar-refractivity contribution in [3.63, 3.8) is 0 Å². The number of rotatable bonds is 7. The van der Waals surface area contributed by atoms with Crippen molar-refractivity contribution in [3.8, 4) is 0 Å². The predicted molar refractivity (Wildman–Crippen MR) is 73.3 cm³/mol. The van der Waals surface area contributed by atoms with E-state index in [-0.39, 0.29) is 6.61 Å². The fourth-order valence-corrected chi connectivity index (χ4v) is 1.63. The number of aliphatic hydroxyl groups excluding tert-OH is 1. The third kappa shape index (κ3) is 4.25. The molecule has 1 amide bonds. The number of nitrogens with two attached hydrogens (primary N) is 2. The molecule has 0 aliphatic heterocycles. The topological polar surface area (TPSA) is 101 Å². The minimum atomic E-state index is -0.466. The van der Waals surface area contributed by atoms with E-state index in [2.05, 4.69) is 5.32 Å². The molecular formula is C13H21N3O2. The molecule has 5 nitrogen and oxygen atoms in total. The summed E-state index contributed by atoms with van der Waals surface area (Å²) in [4.78, 5) is 11.0. The van der Waals surface area contributed by atoms with Gasteiger partial charge in [0.15, 0.2) is 0 Å². The summed E-state index contributed by atoms with van der Waals surface area (Å²) >= 11 is 0. The van der Waals surface area contributed by atoms with Gasteiger partial charge in [-0.05, 0) is 37.0 Å². The maximum atomic E-state index is 11.0. The van der Waals surface area contributed by atoms with Crippen LogP contribution >= 0.6 is 0 Å². The van der Waals surface area contributed by atoms with Crippen LogP contribution in [0.5, 0.6) is 0 Å². The summed E-state index contributed by atoms with van der Waals surface area (Å²) < 4.78 is 0. The Morgan fingerprint density at radius 1 is 1.50 bits per heavy atom. The summed E-state index contributed by atoms with van der Waals surface area (Å²) in [5.41, 5.74) is 12.8. The van der Waals surface area contributed by atoms with Crippen molar-refractivity contribution < 1.29 is 9.90 Å². The van der Waals surface area contributed by atoms with E-state index >= 15 is 0 Å². The molecule has 0 bridgehead atoms. The van der Waals surface area contributed by atoms with Crippen LogP contribution in [0.25, 0.3) is 0 Å². The fourth-order valence-electron chi connectivity index (χ4n) is 1.63. The van der Waals surface area contributed by atoms with Crippen molar-refractivity contribution in [2.24, 2.45) is 11.7 Å². The first-order chi connectivity index (χ1) is 8.54. The highest BCUT2D eigenvalue weighted by Gasteiger charge is 2.05. The normalized spacial score (nSPS) is 12.1. The number of aliphatic hydroxyl groups is 1. The van der Waals surface area contributed by atoms with Gasteiger partial charge in [-0.2, -0.15) is 0 Å². The van der Waals surface area contributed by atoms with Crippen molar-refractivity contribution >= 4 is 17.3 Å². The second-order valence-electron chi connectivity index (χ2n) is 4.52. The van der Waals surface area contributed by atoms with Crippen LogP contribution in [0.1, 0.15) is 30.1 Å². The van der Waals surface area contributed by atoms with Gasteiger partial charge in [-0.15, -0.1) is 0 Å². The molecule has 1 atom stereocenters. The lowest BCUT2D eigenvalue weighted by atomic mass is 10.1. The summed E-state index contributed by atoms with van der Waals surface area (Å²) in [5, 5.41) is 12.1. The van der Waals surface area contributed by atoms with Crippen molar-refractivity contribution in [2.45, 2.75) is 19.8 Å². The van der Waals surface area contributed by atoms with Gasteiger partial charge in [0.05, 0.1) is 11.4 Å². The molecule has 6 N–H and O–H groups in total. The molecule has 0 heterocycles. The van der Waals surface area contributed by atoms with Gasteiger partial charge in [0, 0.05) is 18.7 Å². The van der Waals surface area contributed by atoms with Crippen LogP contribution in [0.3, 0.4) is 0 Å². The van der Waals surface area contributed by atoms with Crippen LogP contribution in [-0.4, -0.2) is 24.2 Å². The van der Waals surface area contributed by atoms with Crippen molar-refractivity contribution in [3.05, 3.63) is 23.8 Å². The lowest BCUT2D eigenvalue weighted by Crippen LogP contribution is -2.13. The Hall–Kier alpha value is -1.75. The van der Waals surface area contributed by atoms with E-state index in [0.29, 0.717) is 17.2 Å². The Balaban J connectivity index is 2.51. The zero-order chi connectivity index (χ0) is 13.5. The highest BCUT2D eigenvalue weighted by atomic mass is 16.3. The van der Waals surface area contributed by atoms with Crippen LogP contribution in [-0.2, 0) is 0 Å². The monoisotopic (exact) mass is 251 g/mol. The summed E-state index contributed by atoms with van der Waals surface area (Å²) in [6.45, 7) is 2.96. The zero-order valence-electron chi connectivity index (χ0n) is 10.6. The molecule has 100 valence electrons. The number of nitrogen functional groups attached to an aromatic ring is 1. The number of hydrogen-bond donors (Lipinski definition) is 4. The Morgan fingerprint density at radius 2 is 2.22 bits per heavy atom. The molecule has 1 aromatic rings. The molecule has 5 heteroatoms. The van der Waals surface area contributed by atoms with Crippen LogP contribution in [0, 0.1) is 5.92 Å². The molecule has 0 aliphatic rings. The molecule has 1 unspecified atom stereocenters. The number of carbonyl (C=O) groups is 1. The van der Waals surface area contributed by atoms with Crippen LogP contribution < -0.4 is 16.8 Å². The number of carbonyl (C=O) groups excluding carboxylic acids is 1. The van der Waals surface area contributed by atoms with Gasteiger partial charge in [-0.25, -0.2) is 0 Å². The van der Waals surface area contributed by atoms with Gasteiger partial charge < -0.3 is 21.9 Å². The van der Waals surface area contributed by atoms with Gasteiger partial charge in [-0.3, -0.25) is 4.79 Å². The van der Waals surface area contributed by atoms with Gasteiger partial charge >= 0.3 is 0 Å². The first-order valence-corrected chi connectivity index (χ1v) is 6.08. The Kier molecular flexibility index (Phi) is 5.45. The van der Waals surface area contributed by atoms with Gasteiger partial charge in [-0.1, -0.05) is 6.92 Å². The third-order valence-corrected chi connectivity index (χ3v) is 2.84. The highest BCUT2D eigenvalue weighted by Crippen LogP contribution is 2.20.